The van der Waals surface area contributed by atoms with Crippen molar-refractivity contribution in [3.63, 3.8) is 0 Å². The van der Waals surface area contributed by atoms with Gasteiger partial charge in [-0.05, 0) is 32.1 Å². The van der Waals surface area contributed by atoms with Crippen molar-refractivity contribution in [3.05, 3.63) is 0 Å². The van der Waals surface area contributed by atoms with Crippen LogP contribution in [0.4, 0.5) is 13.2 Å². The van der Waals surface area contributed by atoms with Gasteiger partial charge in [0.2, 0.25) is 0 Å². The van der Waals surface area contributed by atoms with Crippen LogP contribution in [0.5, 0.6) is 0 Å². The summed E-state index contributed by atoms with van der Waals surface area (Å²) in [5, 5.41) is 13.3. The van der Waals surface area contributed by atoms with Crippen LogP contribution in [0.3, 0.4) is 0 Å². The highest BCUT2D eigenvalue weighted by Gasteiger charge is 2.42. The number of halogens is 3. The molecule has 0 aromatic heterocycles. The van der Waals surface area contributed by atoms with Crippen LogP contribution < -0.4 is 5.32 Å². The molecule has 2 N–H and O–H groups in total. The van der Waals surface area contributed by atoms with Crippen molar-refractivity contribution in [3.8, 4) is 0 Å². The molecule has 0 radical (unpaired) electrons. The van der Waals surface area contributed by atoms with Crippen LogP contribution in [0.25, 0.3) is 0 Å². The molecule has 2 aliphatic carbocycles. The summed E-state index contributed by atoms with van der Waals surface area (Å²) in [4.78, 5) is 0. The molecular formula is C14H24F3NO. The lowest BCUT2D eigenvalue weighted by atomic mass is 9.84. The summed E-state index contributed by atoms with van der Waals surface area (Å²) in [5.74, 6) is -1.17. The number of hydrogen-bond acceptors (Lipinski definition) is 2. The molecule has 4 unspecified atom stereocenters. The van der Waals surface area contributed by atoms with Gasteiger partial charge in [-0.1, -0.05) is 25.7 Å². The van der Waals surface area contributed by atoms with Crippen molar-refractivity contribution < 1.29 is 18.3 Å². The first-order chi connectivity index (χ1) is 8.97. The Morgan fingerprint density at radius 1 is 0.895 bits per heavy atom. The van der Waals surface area contributed by atoms with Crippen LogP contribution in [0.15, 0.2) is 0 Å². The fourth-order valence-corrected chi connectivity index (χ4v) is 3.42. The van der Waals surface area contributed by atoms with E-state index in [0.717, 1.165) is 38.5 Å². The maximum atomic E-state index is 12.8. The van der Waals surface area contributed by atoms with Gasteiger partial charge in [-0.25, -0.2) is 0 Å². The molecule has 2 fully saturated rings. The van der Waals surface area contributed by atoms with Crippen LogP contribution in [0.1, 0.15) is 57.8 Å². The van der Waals surface area contributed by atoms with Gasteiger partial charge in [0, 0.05) is 12.1 Å². The molecule has 2 saturated carbocycles. The highest BCUT2D eigenvalue weighted by Crippen LogP contribution is 2.37. The van der Waals surface area contributed by atoms with E-state index in [0.29, 0.717) is 6.42 Å². The van der Waals surface area contributed by atoms with E-state index in [4.69, 9.17) is 0 Å². The van der Waals surface area contributed by atoms with Gasteiger partial charge in [0.15, 0.2) is 0 Å². The minimum atomic E-state index is -4.07. The van der Waals surface area contributed by atoms with E-state index in [1.54, 1.807) is 0 Å². The first kappa shape index (κ1) is 15.1. The molecule has 2 nitrogen and oxygen atoms in total. The number of nitrogens with one attached hydrogen (secondary N) is 1. The van der Waals surface area contributed by atoms with E-state index in [1.807, 2.05) is 0 Å². The average molecular weight is 279 g/mol. The Labute approximate surface area is 112 Å². The molecule has 0 aliphatic heterocycles. The summed E-state index contributed by atoms with van der Waals surface area (Å²) < 4.78 is 38.3. The van der Waals surface area contributed by atoms with Crippen LogP contribution in [-0.2, 0) is 0 Å². The van der Waals surface area contributed by atoms with Gasteiger partial charge in [-0.3, -0.25) is 0 Å². The van der Waals surface area contributed by atoms with Gasteiger partial charge < -0.3 is 10.4 Å². The summed E-state index contributed by atoms with van der Waals surface area (Å²) in [6, 6.07) is -0.0994. The Morgan fingerprint density at radius 2 is 1.63 bits per heavy atom. The summed E-state index contributed by atoms with van der Waals surface area (Å²) in [6.07, 6.45) is 2.25. The molecule has 0 amide bonds. The van der Waals surface area contributed by atoms with Crippen molar-refractivity contribution in [2.45, 2.75) is 82.2 Å². The van der Waals surface area contributed by atoms with Gasteiger partial charge >= 0.3 is 6.18 Å². The zero-order valence-electron chi connectivity index (χ0n) is 11.3. The monoisotopic (exact) mass is 279 g/mol. The van der Waals surface area contributed by atoms with Gasteiger partial charge in [0.1, 0.15) is 0 Å². The molecule has 2 aliphatic rings. The number of aliphatic hydroxyl groups excluding tert-OH is 1. The fraction of sp³-hybridized carbons (Fsp3) is 1.00. The zero-order valence-corrected chi connectivity index (χ0v) is 11.3. The molecule has 0 bridgehead atoms. The lowest BCUT2D eigenvalue weighted by Crippen LogP contribution is -2.48. The van der Waals surface area contributed by atoms with Crippen LogP contribution in [-0.4, -0.2) is 29.5 Å². The zero-order chi connectivity index (χ0) is 13.9. The predicted octanol–water partition coefficient (Wildman–Crippen LogP) is 3.39. The SMILES string of the molecule is OC1CCCCCC1NC1CCCC(C(F)(F)F)C1. The quantitative estimate of drug-likeness (QED) is 0.759. The van der Waals surface area contributed by atoms with Crippen molar-refractivity contribution >= 4 is 0 Å². The molecule has 19 heavy (non-hydrogen) atoms. The van der Waals surface area contributed by atoms with E-state index < -0.39 is 18.2 Å². The smallest absolute Gasteiger partial charge is 0.391 e. The second-order valence-electron chi connectivity index (χ2n) is 6.08. The van der Waals surface area contributed by atoms with Crippen molar-refractivity contribution in [2.24, 2.45) is 5.92 Å². The molecule has 0 aromatic carbocycles. The number of aliphatic hydroxyl groups is 1. The topological polar surface area (TPSA) is 32.3 Å². The molecule has 0 saturated heterocycles. The molecule has 5 heteroatoms. The summed E-state index contributed by atoms with van der Waals surface area (Å²) in [7, 11) is 0. The molecule has 2 rings (SSSR count). The summed E-state index contributed by atoms with van der Waals surface area (Å²) in [6.45, 7) is 0. The Balaban J connectivity index is 1.87. The Kier molecular flexibility index (Phi) is 5.12. The van der Waals surface area contributed by atoms with Crippen molar-refractivity contribution in [2.75, 3.05) is 0 Å². The lowest BCUT2D eigenvalue weighted by Gasteiger charge is -2.34. The number of alkyl halides is 3. The number of rotatable bonds is 2. The van der Waals surface area contributed by atoms with Crippen molar-refractivity contribution in [1.82, 2.24) is 5.32 Å². The Bertz CT molecular complexity index is 282. The maximum Gasteiger partial charge on any atom is 0.391 e. The Hall–Kier alpha value is -0.290. The minimum absolute atomic E-state index is 0.0144. The fourth-order valence-electron chi connectivity index (χ4n) is 3.42. The largest absolute Gasteiger partial charge is 0.392 e. The molecule has 0 spiro atoms. The third kappa shape index (κ3) is 4.35. The van der Waals surface area contributed by atoms with E-state index in [9.17, 15) is 18.3 Å². The highest BCUT2D eigenvalue weighted by molar-refractivity contribution is 4.87. The highest BCUT2D eigenvalue weighted by atomic mass is 19.4. The van der Waals surface area contributed by atoms with Crippen LogP contribution in [0.2, 0.25) is 0 Å². The molecular weight excluding hydrogens is 255 g/mol. The first-order valence-corrected chi connectivity index (χ1v) is 7.47. The third-order valence-electron chi connectivity index (χ3n) is 4.57. The standard InChI is InChI=1S/C14H24F3NO/c15-14(16,17)10-5-4-6-11(9-10)18-12-7-2-1-3-8-13(12)19/h10-13,18-19H,1-9H2. The van der Waals surface area contributed by atoms with Crippen LogP contribution in [0, 0.1) is 5.92 Å². The van der Waals surface area contributed by atoms with Gasteiger partial charge in [0.25, 0.3) is 0 Å². The summed E-state index contributed by atoms with van der Waals surface area (Å²) in [5.41, 5.74) is 0. The predicted molar refractivity (Wildman–Crippen MR) is 67.8 cm³/mol. The van der Waals surface area contributed by atoms with E-state index in [1.165, 1.54) is 0 Å². The van der Waals surface area contributed by atoms with E-state index >= 15 is 0 Å². The van der Waals surface area contributed by atoms with Gasteiger partial charge in [0.05, 0.1) is 12.0 Å². The second kappa shape index (κ2) is 6.44. The van der Waals surface area contributed by atoms with Gasteiger partial charge in [-0.15, -0.1) is 0 Å². The maximum absolute atomic E-state index is 12.8. The average Bonchev–Trinajstić information content (AvgIpc) is 2.54. The molecule has 4 atom stereocenters. The van der Waals surface area contributed by atoms with E-state index in [-0.39, 0.29) is 24.9 Å². The van der Waals surface area contributed by atoms with Crippen molar-refractivity contribution in [1.29, 1.82) is 0 Å². The third-order valence-corrected chi connectivity index (χ3v) is 4.57. The van der Waals surface area contributed by atoms with Crippen LogP contribution >= 0.6 is 0 Å². The summed E-state index contributed by atoms with van der Waals surface area (Å²) >= 11 is 0. The molecule has 0 aromatic rings. The first-order valence-electron chi connectivity index (χ1n) is 7.47. The molecule has 112 valence electrons. The van der Waals surface area contributed by atoms with Gasteiger partial charge in [-0.2, -0.15) is 13.2 Å². The molecule has 0 heterocycles. The minimum Gasteiger partial charge on any atom is -0.392 e. The number of hydrogen-bond donors (Lipinski definition) is 2. The normalized spacial score (nSPS) is 37.9. The Morgan fingerprint density at radius 3 is 2.37 bits per heavy atom. The van der Waals surface area contributed by atoms with E-state index in [2.05, 4.69) is 5.32 Å². The second-order valence-corrected chi connectivity index (χ2v) is 6.08. The lowest BCUT2D eigenvalue weighted by molar-refractivity contribution is -0.184.